The summed E-state index contributed by atoms with van der Waals surface area (Å²) in [6, 6.07) is 8.62. The van der Waals surface area contributed by atoms with Crippen LogP contribution in [0.1, 0.15) is 26.2 Å². The fourth-order valence-electron chi connectivity index (χ4n) is 2.92. The first-order chi connectivity index (χ1) is 10.3. The van der Waals surface area contributed by atoms with Crippen molar-refractivity contribution in [1.29, 1.82) is 0 Å². The highest BCUT2D eigenvalue weighted by Gasteiger charge is 2.24. The van der Waals surface area contributed by atoms with Gasteiger partial charge in [-0.2, -0.15) is 4.98 Å². The van der Waals surface area contributed by atoms with Crippen molar-refractivity contribution in [3.63, 3.8) is 0 Å². The predicted molar refractivity (Wildman–Crippen MR) is 87.5 cm³/mol. The smallest absolute Gasteiger partial charge is 0.222 e. The van der Waals surface area contributed by atoms with Crippen molar-refractivity contribution < 1.29 is 0 Å². The van der Waals surface area contributed by atoms with Crippen molar-refractivity contribution in [3.05, 3.63) is 24.3 Å². The summed E-state index contributed by atoms with van der Waals surface area (Å²) in [5.41, 5.74) is 6.78. The average Bonchev–Trinajstić information content (AvgIpc) is 2.95. The molecule has 3 N–H and O–H groups in total. The van der Waals surface area contributed by atoms with E-state index in [0.717, 1.165) is 42.8 Å². The van der Waals surface area contributed by atoms with E-state index in [1.807, 2.05) is 18.2 Å². The lowest BCUT2D eigenvalue weighted by molar-refractivity contribution is 0.536. The molecular weight excluding hydrogens is 262 g/mol. The number of aromatic nitrogens is 2. The third-order valence-electron chi connectivity index (χ3n) is 4.05. The zero-order valence-electron chi connectivity index (χ0n) is 12.5. The fraction of sp³-hybridized carbons (Fsp3) is 0.500. The highest BCUT2D eigenvalue weighted by atomic mass is 15.2. The van der Waals surface area contributed by atoms with E-state index in [9.17, 15) is 0 Å². The standard InChI is InChI=1S/C16H23N5/c1-2-3-9-18-12-8-10-21(11-12)15-13-6-4-5-7-14(13)19-16(17)20-15/h4-7,12,18H,2-3,8-11H2,1H3,(H2,17,19,20). The van der Waals surface area contributed by atoms with Crippen molar-refractivity contribution in [2.75, 3.05) is 30.3 Å². The van der Waals surface area contributed by atoms with Gasteiger partial charge in [0, 0.05) is 24.5 Å². The lowest BCUT2D eigenvalue weighted by Gasteiger charge is -2.20. The minimum absolute atomic E-state index is 0.353. The highest BCUT2D eigenvalue weighted by molar-refractivity contribution is 5.90. The maximum Gasteiger partial charge on any atom is 0.222 e. The summed E-state index contributed by atoms with van der Waals surface area (Å²) < 4.78 is 0. The van der Waals surface area contributed by atoms with Crippen LogP contribution in [-0.4, -0.2) is 35.6 Å². The Morgan fingerprint density at radius 1 is 1.33 bits per heavy atom. The number of hydrogen-bond donors (Lipinski definition) is 2. The van der Waals surface area contributed by atoms with Gasteiger partial charge in [0.15, 0.2) is 0 Å². The SMILES string of the molecule is CCCCNC1CCN(c2nc(N)nc3ccccc23)C1. The number of hydrogen-bond acceptors (Lipinski definition) is 5. The second-order valence-electron chi connectivity index (χ2n) is 5.66. The largest absolute Gasteiger partial charge is 0.368 e. The summed E-state index contributed by atoms with van der Waals surface area (Å²) in [4.78, 5) is 11.1. The average molecular weight is 285 g/mol. The van der Waals surface area contributed by atoms with Crippen LogP contribution in [0.15, 0.2) is 24.3 Å². The van der Waals surface area contributed by atoms with Gasteiger partial charge >= 0.3 is 0 Å². The number of rotatable bonds is 5. The van der Waals surface area contributed by atoms with E-state index >= 15 is 0 Å². The third kappa shape index (κ3) is 3.08. The van der Waals surface area contributed by atoms with Gasteiger partial charge in [0.1, 0.15) is 5.82 Å². The molecule has 1 fully saturated rings. The maximum atomic E-state index is 5.86. The minimum Gasteiger partial charge on any atom is -0.368 e. The molecule has 0 spiro atoms. The summed E-state index contributed by atoms with van der Waals surface area (Å²) in [5.74, 6) is 1.32. The zero-order chi connectivity index (χ0) is 14.7. The molecule has 1 aromatic carbocycles. The van der Waals surface area contributed by atoms with E-state index in [-0.39, 0.29) is 0 Å². The van der Waals surface area contributed by atoms with Gasteiger partial charge < -0.3 is 16.0 Å². The van der Waals surface area contributed by atoms with Gasteiger partial charge in [-0.1, -0.05) is 25.5 Å². The number of nitrogens with one attached hydrogen (secondary N) is 1. The van der Waals surface area contributed by atoms with Gasteiger partial charge in [-0.25, -0.2) is 4.98 Å². The highest BCUT2D eigenvalue weighted by Crippen LogP contribution is 2.27. The molecule has 1 aromatic heterocycles. The lowest BCUT2D eigenvalue weighted by Crippen LogP contribution is -2.33. The first kappa shape index (κ1) is 14.1. The van der Waals surface area contributed by atoms with Crippen LogP contribution >= 0.6 is 0 Å². The molecule has 1 saturated heterocycles. The zero-order valence-corrected chi connectivity index (χ0v) is 12.5. The number of nitrogen functional groups attached to an aromatic ring is 1. The fourth-order valence-corrected chi connectivity index (χ4v) is 2.92. The first-order valence-electron chi connectivity index (χ1n) is 7.78. The molecule has 3 rings (SSSR count). The van der Waals surface area contributed by atoms with Crippen LogP contribution in [0.25, 0.3) is 10.9 Å². The minimum atomic E-state index is 0.353. The molecule has 1 aliphatic rings. The van der Waals surface area contributed by atoms with E-state index in [4.69, 9.17) is 5.73 Å². The van der Waals surface area contributed by atoms with E-state index in [1.165, 1.54) is 12.8 Å². The number of unbranched alkanes of at least 4 members (excludes halogenated alkanes) is 1. The molecule has 1 aliphatic heterocycles. The maximum absolute atomic E-state index is 5.86. The van der Waals surface area contributed by atoms with E-state index < -0.39 is 0 Å². The second-order valence-corrected chi connectivity index (χ2v) is 5.66. The Morgan fingerprint density at radius 3 is 3.05 bits per heavy atom. The quantitative estimate of drug-likeness (QED) is 0.824. The normalized spacial score (nSPS) is 18.5. The van der Waals surface area contributed by atoms with Crippen molar-refractivity contribution >= 4 is 22.7 Å². The van der Waals surface area contributed by atoms with E-state index in [2.05, 4.69) is 33.2 Å². The van der Waals surface area contributed by atoms with Crippen LogP contribution in [0.3, 0.4) is 0 Å². The van der Waals surface area contributed by atoms with Gasteiger partial charge in [0.25, 0.3) is 0 Å². The molecule has 1 atom stereocenters. The van der Waals surface area contributed by atoms with Crippen LogP contribution in [0.5, 0.6) is 0 Å². The molecule has 2 aromatic rings. The Kier molecular flexibility index (Phi) is 4.20. The molecule has 0 radical (unpaired) electrons. The van der Waals surface area contributed by atoms with E-state index in [0.29, 0.717) is 12.0 Å². The van der Waals surface area contributed by atoms with Gasteiger partial charge in [-0.05, 0) is 31.5 Å². The molecule has 1 unspecified atom stereocenters. The van der Waals surface area contributed by atoms with Gasteiger partial charge in [0.05, 0.1) is 5.52 Å². The molecule has 0 saturated carbocycles. The Hall–Kier alpha value is -1.88. The molecule has 2 heterocycles. The number of benzene rings is 1. The number of nitrogens with zero attached hydrogens (tertiary/aromatic N) is 3. The van der Waals surface area contributed by atoms with Crippen LogP contribution in [-0.2, 0) is 0 Å². The molecule has 21 heavy (non-hydrogen) atoms. The van der Waals surface area contributed by atoms with Crippen molar-refractivity contribution in [2.24, 2.45) is 0 Å². The Labute approximate surface area is 125 Å². The molecule has 5 nitrogen and oxygen atoms in total. The van der Waals surface area contributed by atoms with Crippen LogP contribution in [0.2, 0.25) is 0 Å². The van der Waals surface area contributed by atoms with Crippen molar-refractivity contribution in [1.82, 2.24) is 15.3 Å². The van der Waals surface area contributed by atoms with Crippen molar-refractivity contribution in [3.8, 4) is 0 Å². The molecular formula is C16H23N5. The lowest BCUT2D eigenvalue weighted by atomic mass is 10.2. The molecule has 5 heteroatoms. The summed E-state index contributed by atoms with van der Waals surface area (Å²) in [7, 11) is 0. The third-order valence-corrected chi connectivity index (χ3v) is 4.05. The van der Waals surface area contributed by atoms with Crippen molar-refractivity contribution in [2.45, 2.75) is 32.2 Å². The topological polar surface area (TPSA) is 67.1 Å². The van der Waals surface area contributed by atoms with Crippen LogP contribution in [0.4, 0.5) is 11.8 Å². The summed E-state index contributed by atoms with van der Waals surface area (Å²) in [6.07, 6.45) is 3.62. The molecule has 112 valence electrons. The predicted octanol–water partition coefficient (Wildman–Crippen LogP) is 2.18. The van der Waals surface area contributed by atoms with Crippen LogP contribution < -0.4 is 16.0 Å². The Bertz CT molecular complexity index is 613. The Balaban J connectivity index is 1.78. The monoisotopic (exact) mass is 285 g/mol. The first-order valence-corrected chi connectivity index (χ1v) is 7.78. The summed E-state index contributed by atoms with van der Waals surface area (Å²) in [5, 5.41) is 4.71. The van der Waals surface area contributed by atoms with Crippen LogP contribution in [0, 0.1) is 0 Å². The molecule has 0 aliphatic carbocycles. The van der Waals surface area contributed by atoms with Gasteiger partial charge in [0.2, 0.25) is 5.95 Å². The number of para-hydroxylation sites is 1. The number of nitrogens with two attached hydrogens (primary N) is 1. The van der Waals surface area contributed by atoms with Gasteiger partial charge in [-0.3, -0.25) is 0 Å². The van der Waals surface area contributed by atoms with E-state index in [1.54, 1.807) is 0 Å². The van der Waals surface area contributed by atoms with Gasteiger partial charge in [-0.15, -0.1) is 0 Å². The summed E-state index contributed by atoms with van der Waals surface area (Å²) in [6.45, 7) is 5.33. The summed E-state index contributed by atoms with van der Waals surface area (Å²) >= 11 is 0. The molecule has 0 bridgehead atoms. The Morgan fingerprint density at radius 2 is 2.19 bits per heavy atom. The molecule has 0 amide bonds. The second kappa shape index (κ2) is 6.26. The number of fused-ring (bicyclic) bond motifs is 1. The number of anilines is 2.